The number of rotatable bonds is 2. The third kappa shape index (κ3) is 2.95. The van der Waals surface area contributed by atoms with Crippen LogP contribution in [0.3, 0.4) is 0 Å². The lowest BCUT2D eigenvalue weighted by atomic mass is 10.2. The minimum absolute atomic E-state index is 0.171. The van der Waals surface area contributed by atoms with Gasteiger partial charge in [0.15, 0.2) is 0 Å². The fraction of sp³-hybridized carbons (Fsp3) is 0.188. The Balaban J connectivity index is 1.79. The van der Waals surface area contributed by atoms with E-state index in [9.17, 15) is 4.79 Å². The number of anilines is 2. The molecule has 3 rings (SSSR count). The number of halogens is 1. The fourth-order valence-electron chi connectivity index (χ4n) is 2.24. The first-order valence-electron chi connectivity index (χ1n) is 6.68. The Morgan fingerprint density at radius 1 is 1.24 bits per heavy atom. The molecule has 1 heterocycles. The zero-order valence-electron chi connectivity index (χ0n) is 11.6. The van der Waals surface area contributed by atoms with Crippen molar-refractivity contribution in [1.82, 2.24) is 0 Å². The molecular weight excluding hydrogens is 288 g/mol. The lowest BCUT2D eigenvalue weighted by Gasteiger charge is -2.27. The van der Waals surface area contributed by atoms with Gasteiger partial charge in [-0.25, -0.2) is 0 Å². The van der Waals surface area contributed by atoms with E-state index in [-0.39, 0.29) is 5.91 Å². The summed E-state index contributed by atoms with van der Waals surface area (Å²) in [6, 6.07) is 12.5. The van der Waals surface area contributed by atoms with Crippen molar-refractivity contribution >= 4 is 28.9 Å². The van der Waals surface area contributed by atoms with Crippen molar-refractivity contribution in [2.24, 2.45) is 0 Å². The van der Waals surface area contributed by atoms with Crippen LogP contribution in [0.25, 0.3) is 0 Å². The molecule has 0 aromatic heterocycles. The number of nitrogens with one attached hydrogen (secondary N) is 1. The van der Waals surface area contributed by atoms with Crippen LogP contribution in [0.1, 0.15) is 10.4 Å². The van der Waals surface area contributed by atoms with Crippen molar-refractivity contribution in [1.29, 1.82) is 0 Å². The zero-order valence-corrected chi connectivity index (χ0v) is 12.4. The molecule has 5 heteroatoms. The van der Waals surface area contributed by atoms with E-state index in [4.69, 9.17) is 16.3 Å². The number of benzene rings is 2. The summed E-state index contributed by atoms with van der Waals surface area (Å²) >= 11 is 5.82. The van der Waals surface area contributed by atoms with Crippen molar-refractivity contribution in [3.8, 4) is 5.75 Å². The van der Waals surface area contributed by atoms with Gasteiger partial charge in [0, 0.05) is 29.4 Å². The van der Waals surface area contributed by atoms with Gasteiger partial charge in [0.05, 0.1) is 12.2 Å². The highest BCUT2D eigenvalue weighted by atomic mass is 35.5. The van der Waals surface area contributed by atoms with Crippen LogP contribution in [0.15, 0.2) is 42.5 Å². The third-order valence-corrected chi connectivity index (χ3v) is 3.67. The Morgan fingerprint density at radius 3 is 2.76 bits per heavy atom. The predicted octanol–water partition coefficient (Wildman–Crippen LogP) is 3.42. The Morgan fingerprint density at radius 2 is 2.00 bits per heavy atom. The number of hydrogen-bond acceptors (Lipinski definition) is 3. The minimum atomic E-state index is -0.171. The number of carbonyl (C=O) groups excluding carboxylic acids is 1. The standard InChI is InChI=1S/C16H15ClN2O2/c1-19-8-9-21-15-10-13(6-7-14(15)19)18-16(20)11-2-4-12(17)5-3-11/h2-7,10H,8-9H2,1H3,(H,18,20). The van der Waals surface area contributed by atoms with Crippen LogP contribution in [-0.2, 0) is 0 Å². The summed E-state index contributed by atoms with van der Waals surface area (Å²) in [5, 5.41) is 3.47. The first-order valence-corrected chi connectivity index (χ1v) is 7.06. The second-order valence-corrected chi connectivity index (χ2v) is 5.35. The molecule has 0 unspecified atom stereocenters. The maximum absolute atomic E-state index is 12.2. The molecule has 21 heavy (non-hydrogen) atoms. The van der Waals surface area contributed by atoms with Gasteiger partial charge >= 0.3 is 0 Å². The van der Waals surface area contributed by atoms with E-state index < -0.39 is 0 Å². The molecule has 0 spiro atoms. The van der Waals surface area contributed by atoms with Crippen LogP contribution in [0.2, 0.25) is 5.02 Å². The van der Waals surface area contributed by atoms with Gasteiger partial charge < -0.3 is 15.0 Å². The average molecular weight is 303 g/mol. The fourth-order valence-corrected chi connectivity index (χ4v) is 2.37. The van der Waals surface area contributed by atoms with Crippen LogP contribution in [0, 0.1) is 0 Å². The summed E-state index contributed by atoms with van der Waals surface area (Å²) < 4.78 is 5.63. The van der Waals surface area contributed by atoms with Gasteiger partial charge in [-0.2, -0.15) is 0 Å². The number of hydrogen-bond donors (Lipinski definition) is 1. The minimum Gasteiger partial charge on any atom is -0.489 e. The van der Waals surface area contributed by atoms with Crippen molar-refractivity contribution in [3.63, 3.8) is 0 Å². The molecule has 1 aliphatic heterocycles. The van der Waals surface area contributed by atoms with Crippen molar-refractivity contribution < 1.29 is 9.53 Å². The van der Waals surface area contributed by atoms with Gasteiger partial charge in [-0.05, 0) is 36.4 Å². The van der Waals surface area contributed by atoms with Gasteiger partial charge in [0.1, 0.15) is 12.4 Å². The molecular formula is C16H15ClN2O2. The molecule has 0 bridgehead atoms. The second-order valence-electron chi connectivity index (χ2n) is 4.91. The SMILES string of the molecule is CN1CCOc2cc(NC(=O)c3ccc(Cl)cc3)ccc21. The highest BCUT2D eigenvalue weighted by Gasteiger charge is 2.15. The van der Waals surface area contributed by atoms with E-state index in [2.05, 4.69) is 10.2 Å². The molecule has 4 nitrogen and oxygen atoms in total. The Bertz CT molecular complexity index is 670. The first-order chi connectivity index (χ1) is 10.1. The molecule has 2 aromatic rings. The first kappa shape index (κ1) is 13.8. The summed E-state index contributed by atoms with van der Waals surface area (Å²) in [6.45, 7) is 1.52. The van der Waals surface area contributed by atoms with Gasteiger partial charge in [-0.3, -0.25) is 4.79 Å². The van der Waals surface area contributed by atoms with E-state index in [1.54, 1.807) is 24.3 Å². The molecule has 1 aliphatic rings. The molecule has 2 aromatic carbocycles. The molecule has 0 atom stereocenters. The lowest BCUT2D eigenvalue weighted by Crippen LogP contribution is -2.28. The molecule has 0 aliphatic carbocycles. The maximum atomic E-state index is 12.2. The van der Waals surface area contributed by atoms with Gasteiger partial charge in [0.25, 0.3) is 5.91 Å². The number of nitrogens with zero attached hydrogens (tertiary/aromatic N) is 1. The number of amides is 1. The smallest absolute Gasteiger partial charge is 0.255 e. The van der Waals surface area contributed by atoms with E-state index in [0.717, 1.165) is 18.0 Å². The van der Waals surface area contributed by atoms with Crippen LogP contribution in [-0.4, -0.2) is 26.1 Å². The highest BCUT2D eigenvalue weighted by molar-refractivity contribution is 6.30. The van der Waals surface area contributed by atoms with Crippen LogP contribution in [0.4, 0.5) is 11.4 Å². The van der Waals surface area contributed by atoms with Crippen LogP contribution in [0.5, 0.6) is 5.75 Å². The Hall–Kier alpha value is -2.20. The topological polar surface area (TPSA) is 41.6 Å². The molecule has 108 valence electrons. The second kappa shape index (κ2) is 5.66. The number of likely N-dealkylation sites (N-methyl/N-ethyl adjacent to an activating group) is 1. The normalized spacial score (nSPS) is 13.3. The highest BCUT2D eigenvalue weighted by Crippen LogP contribution is 2.33. The summed E-state index contributed by atoms with van der Waals surface area (Å²) in [5.41, 5.74) is 2.31. The van der Waals surface area contributed by atoms with Crippen LogP contribution < -0.4 is 15.0 Å². The molecule has 1 N–H and O–H groups in total. The maximum Gasteiger partial charge on any atom is 0.255 e. The van der Waals surface area contributed by atoms with E-state index in [1.165, 1.54) is 0 Å². The quantitative estimate of drug-likeness (QED) is 0.924. The summed E-state index contributed by atoms with van der Waals surface area (Å²) in [7, 11) is 2.02. The van der Waals surface area contributed by atoms with E-state index in [1.807, 2.05) is 25.2 Å². The Labute approximate surface area is 128 Å². The summed E-state index contributed by atoms with van der Waals surface area (Å²) in [6.07, 6.45) is 0. The number of carbonyl (C=O) groups is 1. The number of fused-ring (bicyclic) bond motifs is 1. The van der Waals surface area contributed by atoms with Gasteiger partial charge in [-0.1, -0.05) is 11.6 Å². The zero-order chi connectivity index (χ0) is 14.8. The summed E-state index contributed by atoms with van der Waals surface area (Å²) in [4.78, 5) is 14.3. The van der Waals surface area contributed by atoms with Crippen molar-refractivity contribution in [2.75, 3.05) is 30.4 Å². The molecule has 1 amide bonds. The van der Waals surface area contributed by atoms with E-state index in [0.29, 0.717) is 22.9 Å². The largest absolute Gasteiger partial charge is 0.489 e. The summed E-state index contributed by atoms with van der Waals surface area (Å²) in [5.74, 6) is 0.619. The lowest BCUT2D eigenvalue weighted by molar-refractivity contribution is 0.102. The van der Waals surface area contributed by atoms with Gasteiger partial charge in [-0.15, -0.1) is 0 Å². The third-order valence-electron chi connectivity index (χ3n) is 3.42. The van der Waals surface area contributed by atoms with E-state index >= 15 is 0 Å². The predicted molar refractivity (Wildman–Crippen MR) is 84.6 cm³/mol. The Kier molecular flexibility index (Phi) is 3.71. The molecule has 0 saturated carbocycles. The number of ether oxygens (including phenoxy) is 1. The van der Waals surface area contributed by atoms with Crippen molar-refractivity contribution in [2.45, 2.75) is 0 Å². The molecule has 0 saturated heterocycles. The average Bonchev–Trinajstić information content (AvgIpc) is 2.48. The van der Waals surface area contributed by atoms with Gasteiger partial charge in [0.2, 0.25) is 0 Å². The molecule has 0 fully saturated rings. The monoisotopic (exact) mass is 302 g/mol. The van der Waals surface area contributed by atoms with Crippen LogP contribution >= 0.6 is 11.6 Å². The molecule has 0 radical (unpaired) electrons. The van der Waals surface area contributed by atoms with Crippen molar-refractivity contribution in [3.05, 3.63) is 53.1 Å².